The van der Waals surface area contributed by atoms with Gasteiger partial charge in [0.15, 0.2) is 5.82 Å². The van der Waals surface area contributed by atoms with Crippen LogP contribution in [-0.4, -0.2) is 43.5 Å². The first-order chi connectivity index (χ1) is 8.34. The van der Waals surface area contributed by atoms with Gasteiger partial charge in [0, 0.05) is 28.9 Å². The molecule has 0 spiro atoms. The molecule has 1 heterocycles. The number of nitrogens with one attached hydrogen (secondary N) is 1. The number of rotatable bonds is 5. The van der Waals surface area contributed by atoms with E-state index in [0.717, 1.165) is 0 Å². The summed E-state index contributed by atoms with van der Waals surface area (Å²) in [7, 11) is -0.969. The first-order valence-electron chi connectivity index (χ1n) is 5.47. The fourth-order valence-electron chi connectivity index (χ4n) is 1.35. The standard InChI is InChI=1S/C11H17N3O3S/c1-6(18(4)17)5-12-10-9(11(15)16)7(2)8(3)13-14-10/h6H,5H2,1-4H3,(H,12,14)(H,15,16). The van der Waals surface area contributed by atoms with Crippen molar-refractivity contribution < 1.29 is 14.1 Å². The van der Waals surface area contributed by atoms with Gasteiger partial charge < -0.3 is 10.4 Å². The highest BCUT2D eigenvalue weighted by Crippen LogP contribution is 2.18. The molecule has 0 aliphatic rings. The smallest absolute Gasteiger partial charge is 0.339 e. The fourth-order valence-corrected chi connectivity index (χ4v) is 1.67. The summed E-state index contributed by atoms with van der Waals surface area (Å²) in [6, 6.07) is 0. The van der Waals surface area contributed by atoms with E-state index in [1.807, 2.05) is 6.92 Å². The molecule has 2 N–H and O–H groups in total. The van der Waals surface area contributed by atoms with Crippen molar-refractivity contribution in [1.29, 1.82) is 0 Å². The van der Waals surface area contributed by atoms with Crippen LogP contribution in [0.4, 0.5) is 5.82 Å². The number of hydrogen-bond acceptors (Lipinski definition) is 5. The van der Waals surface area contributed by atoms with Gasteiger partial charge in [-0.25, -0.2) is 4.79 Å². The van der Waals surface area contributed by atoms with E-state index in [1.165, 1.54) is 0 Å². The molecule has 0 radical (unpaired) electrons. The van der Waals surface area contributed by atoms with Gasteiger partial charge in [-0.2, -0.15) is 5.10 Å². The molecule has 0 fully saturated rings. The van der Waals surface area contributed by atoms with Gasteiger partial charge in [0.25, 0.3) is 0 Å². The van der Waals surface area contributed by atoms with Gasteiger partial charge in [-0.05, 0) is 26.3 Å². The van der Waals surface area contributed by atoms with Crippen LogP contribution in [0.25, 0.3) is 0 Å². The first-order valence-corrected chi connectivity index (χ1v) is 7.10. The number of aromatic carboxylic acids is 1. The van der Waals surface area contributed by atoms with Crippen LogP contribution in [0.1, 0.15) is 28.5 Å². The first kappa shape index (κ1) is 14.6. The molecule has 6 nitrogen and oxygen atoms in total. The second-order valence-corrected chi connectivity index (χ2v) is 5.93. The van der Waals surface area contributed by atoms with Crippen molar-refractivity contribution in [3.63, 3.8) is 0 Å². The molecule has 0 saturated heterocycles. The second-order valence-electron chi connectivity index (χ2n) is 4.13. The van der Waals surface area contributed by atoms with Crippen LogP contribution < -0.4 is 5.32 Å². The lowest BCUT2D eigenvalue weighted by molar-refractivity contribution is 0.0696. The minimum Gasteiger partial charge on any atom is -0.478 e. The van der Waals surface area contributed by atoms with Crippen LogP contribution in [0.3, 0.4) is 0 Å². The Kier molecular flexibility index (Phi) is 4.77. The lowest BCUT2D eigenvalue weighted by atomic mass is 10.1. The molecule has 100 valence electrons. The fraction of sp³-hybridized carbons (Fsp3) is 0.545. The Morgan fingerprint density at radius 3 is 2.56 bits per heavy atom. The van der Waals surface area contributed by atoms with Crippen LogP contribution in [0, 0.1) is 13.8 Å². The summed E-state index contributed by atoms with van der Waals surface area (Å²) in [4.78, 5) is 11.2. The third-order valence-electron chi connectivity index (χ3n) is 2.79. The summed E-state index contributed by atoms with van der Waals surface area (Å²) in [5, 5.41) is 19.7. The van der Waals surface area contributed by atoms with Crippen LogP contribution in [-0.2, 0) is 10.8 Å². The van der Waals surface area contributed by atoms with Gasteiger partial charge >= 0.3 is 5.97 Å². The number of carboxylic acid groups (broad SMARTS) is 1. The molecule has 0 saturated carbocycles. The quantitative estimate of drug-likeness (QED) is 0.829. The summed E-state index contributed by atoms with van der Waals surface area (Å²) in [6.07, 6.45) is 1.61. The van der Waals surface area contributed by atoms with E-state index in [1.54, 1.807) is 20.1 Å². The highest BCUT2D eigenvalue weighted by Gasteiger charge is 2.18. The van der Waals surface area contributed by atoms with Crippen molar-refractivity contribution in [3.05, 3.63) is 16.8 Å². The lowest BCUT2D eigenvalue weighted by Crippen LogP contribution is -2.23. The minimum absolute atomic E-state index is 0.0879. The van der Waals surface area contributed by atoms with Crippen molar-refractivity contribution in [2.45, 2.75) is 26.0 Å². The van der Waals surface area contributed by atoms with E-state index in [0.29, 0.717) is 17.8 Å². The maximum atomic E-state index is 11.2. The third kappa shape index (κ3) is 3.25. The number of aromatic nitrogens is 2. The molecule has 18 heavy (non-hydrogen) atoms. The van der Waals surface area contributed by atoms with E-state index in [-0.39, 0.29) is 16.6 Å². The summed E-state index contributed by atoms with van der Waals surface area (Å²) < 4.78 is 11.2. The number of nitrogens with zero attached hydrogens (tertiary/aromatic N) is 2. The molecule has 0 aliphatic carbocycles. The number of hydrogen-bond donors (Lipinski definition) is 2. The highest BCUT2D eigenvalue weighted by molar-refractivity contribution is 7.84. The number of carbonyl (C=O) groups is 1. The monoisotopic (exact) mass is 271 g/mol. The zero-order valence-corrected chi connectivity index (χ0v) is 11.7. The Labute approximate surface area is 108 Å². The maximum absolute atomic E-state index is 11.2. The molecule has 7 heteroatoms. The molecule has 1 aromatic heterocycles. The predicted molar refractivity (Wildman–Crippen MR) is 70.5 cm³/mol. The third-order valence-corrected chi connectivity index (χ3v) is 4.09. The van der Waals surface area contributed by atoms with Gasteiger partial charge in [-0.15, -0.1) is 5.10 Å². The summed E-state index contributed by atoms with van der Waals surface area (Å²) in [5.41, 5.74) is 1.30. The number of anilines is 1. The topological polar surface area (TPSA) is 92.2 Å². The minimum atomic E-state index is -1.04. The molecule has 0 aliphatic heterocycles. The Morgan fingerprint density at radius 1 is 1.44 bits per heavy atom. The number of carboxylic acids is 1. The normalized spacial score (nSPS) is 14.0. The number of aryl methyl sites for hydroxylation is 1. The van der Waals surface area contributed by atoms with Gasteiger partial charge in [0.2, 0.25) is 0 Å². The average molecular weight is 271 g/mol. The van der Waals surface area contributed by atoms with Gasteiger partial charge in [-0.3, -0.25) is 4.21 Å². The molecular weight excluding hydrogens is 254 g/mol. The maximum Gasteiger partial charge on any atom is 0.339 e. The molecule has 2 unspecified atom stereocenters. The van der Waals surface area contributed by atoms with Gasteiger partial charge in [0.05, 0.1) is 5.69 Å². The van der Waals surface area contributed by atoms with Crippen molar-refractivity contribution in [2.75, 3.05) is 18.1 Å². The summed E-state index contributed by atoms with van der Waals surface area (Å²) in [6.45, 7) is 5.61. The molecule has 2 atom stereocenters. The molecule has 0 bridgehead atoms. The van der Waals surface area contributed by atoms with E-state index in [9.17, 15) is 14.1 Å². The van der Waals surface area contributed by atoms with Crippen molar-refractivity contribution >= 4 is 22.6 Å². The highest BCUT2D eigenvalue weighted by atomic mass is 32.2. The second kappa shape index (κ2) is 5.90. The summed E-state index contributed by atoms with van der Waals surface area (Å²) >= 11 is 0. The average Bonchev–Trinajstić information content (AvgIpc) is 2.29. The van der Waals surface area contributed by atoms with Crippen LogP contribution >= 0.6 is 0 Å². The van der Waals surface area contributed by atoms with E-state index >= 15 is 0 Å². The molecular formula is C11H17N3O3S. The van der Waals surface area contributed by atoms with Crippen molar-refractivity contribution in [3.8, 4) is 0 Å². The Balaban J connectivity index is 2.99. The van der Waals surface area contributed by atoms with E-state index in [4.69, 9.17) is 0 Å². The van der Waals surface area contributed by atoms with Crippen LogP contribution in [0.2, 0.25) is 0 Å². The summed E-state index contributed by atoms with van der Waals surface area (Å²) in [5.74, 6) is -0.818. The van der Waals surface area contributed by atoms with E-state index in [2.05, 4.69) is 15.5 Å². The van der Waals surface area contributed by atoms with Crippen molar-refractivity contribution in [2.24, 2.45) is 0 Å². The Morgan fingerprint density at radius 2 is 2.06 bits per heavy atom. The van der Waals surface area contributed by atoms with E-state index < -0.39 is 16.8 Å². The molecule has 1 rings (SSSR count). The lowest BCUT2D eigenvalue weighted by Gasteiger charge is -2.13. The van der Waals surface area contributed by atoms with Crippen molar-refractivity contribution in [1.82, 2.24) is 10.2 Å². The Hall–Kier alpha value is -1.50. The Bertz CT molecular complexity index is 491. The molecule has 1 aromatic rings. The molecule has 0 aromatic carbocycles. The zero-order chi connectivity index (χ0) is 13.9. The molecule has 0 amide bonds. The van der Waals surface area contributed by atoms with Crippen LogP contribution in [0.5, 0.6) is 0 Å². The van der Waals surface area contributed by atoms with Gasteiger partial charge in [-0.1, -0.05) is 0 Å². The van der Waals surface area contributed by atoms with Crippen LogP contribution in [0.15, 0.2) is 0 Å². The van der Waals surface area contributed by atoms with Gasteiger partial charge in [0.1, 0.15) is 5.56 Å². The largest absolute Gasteiger partial charge is 0.478 e. The SMILES string of the molecule is Cc1nnc(NCC(C)S(C)=O)c(C(=O)O)c1C. The zero-order valence-electron chi connectivity index (χ0n) is 10.9. The predicted octanol–water partition coefficient (Wildman–Crippen LogP) is 0.971.